The summed E-state index contributed by atoms with van der Waals surface area (Å²) in [5.41, 5.74) is 4.90. The monoisotopic (exact) mass is 310 g/mol. The van der Waals surface area contributed by atoms with Crippen molar-refractivity contribution >= 4 is 34.8 Å². The maximum absolute atomic E-state index is 6.09. The zero-order valence-corrected chi connectivity index (χ0v) is 12.6. The van der Waals surface area contributed by atoms with Crippen LogP contribution in [0.2, 0.25) is 10.0 Å². The predicted octanol–water partition coefficient (Wildman–Crippen LogP) is 3.85. The van der Waals surface area contributed by atoms with Crippen molar-refractivity contribution in [1.82, 2.24) is 4.98 Å². The molecule has 106 valence electrons. The van der Waals surface area contributed by atoms with Crippen LogP contribution in [0.1, 0.15) is 18.1 Å². The average molecular weight is 311 g/mol. The number of benzene rings is 1. The number of hydrogen-bond acceptors (Lipinski definition) is 4. The van der Waals surface area contributed by atoms with E-state index in [9.17, 15) is 0 Å². The van der Waals surface area contributed by atoms with Crippen LogP contribution in [-0.4, -0.2) is 4.98 Å². The van der Waals surface area contributed by atoms with Gasteiger partial charge in [0.1, 0.15) is 5.82 Å². The van der Waals surface area contributed by atoms with Gasteiger partial charge in [-0.2, -0.15) is 0 Å². The second-order valence-electron chi connectivity index (χ2n) is 4.32. The summed E-state index contributed by atoms with van der Waals surface area (Å²) in [6.07, 6.45) is 1.03. The van der Waals surface area contributed by atoms with Gasteiger partial charge in [-0.1, -0.05) is 54.4 Å². The molecule has 0 atom stereocenters. The molecule has 1 heterocycles. The minimum atomic E-state index is 0.385. The number of nitrogens with zero attached hydrogens (tertiary/aromatic N) is 1. The van der Waals surface area contributed by atoms with Crippen molar-refractivity contribution < 1.29 is 0 Å². The highest BCUT2D eigenvalue weighted by molar-refractivity contribution is 6.37. The Morgan fingerprint density at radius 1 is 1.05 bits per heavy atom. The van der Waals surface area contributed by atoms with E-state index in [1.807, 2.05) is 0 Å². The second kappa shape index (κ2) is 6.79. The Bertz CT molecular complexity index is 584. The lowest BCUT2D eigenvalue weighted by molar-refractivity contribution is 1.09. The summed E-state index contributed by atoms with van der Waals surface area (Å²) in [5.74, 6) is 6.27. The third kappa shape index (κ3) is 3.54. The van der Waals surface area contributed by atoms with Gasteiger partial charge in [0.15, 0.2) is 5.82 Å². The lowest BCUT2D eigenvalue weighted by atomic mass is 10.1. The molecule has 0 amide bonds. The maximum atomic E-state index is 6.09. The highest BCUT2D eigenvalue weighted by Crippen LogP contribution is 2.28. The van der Waals surface area contributed by atoms with Gasteiger partial charge in [0.05, 0.1) is 10.0 Å². The highest BCUT2D eigenvalue weighted by atomic mass is 35.5. The normalized spacial score (nSPS) is 10.4. The smallest absolute Gasteiger partial charge is 0.161 e. The molecule has 0 saturated carbocycles. The molecule has 0 saturated heterocycles. The minimum absolute atomic E-state index is 0.385. The Kier molecular flexibility index (Phi) is 5.06. The lowest BCUT2D eigenvalue weighted by Gasteiger charge is -2.11. The molecule has 2 aromatic rings. The topological polar surface area (TPSA) is 63.0 Å². The fourth-order valence-electron chi connectivity index (χ4n) is 1.77. The number of rotatable bonds is 5. The fourth-order valence-corrected chi connectivity index (χ4v) is 2.25. The van der Waals surface area contributed by atoms with Crippen molar-refractivity contribution in [3.05, 3.63) is 51.5 Å². The molecule has 20 heavy (non-hydrogen) atoms. The van der Waals surface area contributed by atoms with Crippen molar-refractivity contribution in [2.45, 2.75) is 19.9 Å². The van der Waals surface area contributed by atoms with Crippen LogP contribution in [0, 0.1) is 0 Å². The Labute approximate surface area is 128 Å². The summed E-state index contributed by atoms with van der Waals surface area (Å²) in [4.78, 5) is 4.23. The van der Waals surface area contributed by atoms with E-state index in [1.54, 1.807) is 6.07 Å². The van der Waals surface area contributed by atoms with Gasteiger partial charge in [0.2, 0.25) is 0 Å². The Morgan fingerprint density at radius 3 is 2.25 bits per heavy atom. The molecule has 4 nitrogen and oxygen atoms in total. The van der Waals surface area contributed by atoms with Gasteiger partial charge >= 0.3 is 0 Å². The third-order valence-electron chi connectivity index (χ3n) is 2.96. The summed E-state index contributed by atoms with van der Waals surface area (Å²) < 4.78 is 0. The van der Waals surface area contributed by atoms with Crippen LogP contribution in [0.3, 0.4) is 0 Å². The Hall–Kier alpha value is -1.49. The molecular weight excluding hydrogens is 295 g/mol. The van der Waals surface area contributed by atoms with Crippen molar-refractivity contribution in [3.8, 4) is 0 Å². The molecule has 2 rings (SSSR count). The first-order chi connectivity index (χ1) is 9.63. The quantitative estimate of drug-likeness (QED) is 0.580. The van der Waals surface area contributed by atoms with Crippen LogP contribution < -0.4 is 16.6 Å². The van der Waals surface area contributed by atoms with E-state index in [1.165, 1.54) is 5.56 Å². The van der Waals surface area contributed by atoms with Crippen LogP contribution in [0.4, 0.5) is 11.6 Å². The van der Waals surface area contributed by atoms with Crippen LogP contribution >= 0.6 is 23.2 Å². The summed E-state index contributed by atoms with van der Waals surface area (Å²) in [6.45, 7) is 2.76. The average Bonchev–Trinajstić information content (AvgIpc) is 2.47. The SMILES string of the molecule is CCc1ccc(CNc2nc(NN)c(Cl)cc2Cl)cc1. The number of nitrogens with two attached hydrogens (primary N) is 1. The molecule has 0 radical (unpaired) electrons. The fraction of sp³-hybridized carbons (Fsp3) is 0.214. The van der Waals surface area contributed by atoms with Crippen LogP contribution in [-0.2, 0) is 13.0 Å². The molecule has 0 aliphatic rings. The maximum Gasteiger partial charge on any atom is 0.161 e. The molecule has 0 bridgehead atoms. The predicted molar refractivity (Wildman–Crippen MR) is 85.2 cm³/mol. The standard InChI is InChI=1S/C14H16Cl2N4/c1-2-9-3-5-10(6-4-9)8-18-13-11(15)7-12(16)14(19-13)20-17/h3-7H,2,8,17H2,1H3,(H2,18,19,20). The van der Waals surface area contributed by atoms with Gasteiger partial charge in [0.25, 0.3) is 0 Å². The lowest BCUT2D eigenvalue weighted by Crippen LogP contribution is -2.11. The molecular formula is C14H16Cl2N4. The largest absolute Gasteiger partial charge is 0.365 e. The summed E-state index contributed by atoms with van der Waals surface area (Å²) in [7, 11) is 0. The number of hydrogen-bond donors (Lipinski definition) is 3. The van der Waals surface area contributed by atoms with Crippen molar-refractivity contribution in [1.29, 1.82) is 0 Å². The van der Waals surface area contributed by atoms with Gasteiger partial charge in [-0.15, -0.1) is 0 Å². The van der Waals surface area contributed by atoms with E-state index in [2.05, 4.69) is 46.9 Å². The summed E-state index contributed by atoms with van der Waals surface area (Å²) in [5, 5.41) is 4.01. The van der Waals surface area contributed by atoms with Crippen LogP contribution in [0.5, 0.6) is 0 Å². The third-order valence-corrected chi connectivity index (χ3v) is 3.53. The van der Waals surface area contributed by atoms with E-state index in [-0.39, 0.29) is 0 Å². The Morgan fingerprint density at radius 2 is 1.65 bits per heavy atom. The number of aryl methyl sites for hydroxylation is 1. The van der Waals surface area contributed by atoms with Gasteiger partial charge in [-0.25, -0.2) is 10.8 Å². The zero-order chi connectivity index (χ0) is 14.5. The second-order valence-corrected chi connectivity index (χ2v) is 5.13. The number of halogens is 2. The van der Waals surface area contributed by atoms with Gasteiger partial charge in [0, 0.05) is 6.54 Å². The molecule has 0 aliphatic heterocycles. The zero-order valence-electron chi connectivity index (χ0n) is 11.1. The number of aromatic nitrogens is 1. The van der Waals surface area contributed by atoms with Crippen molar-refractivity contribution in [3.63, 3.8) is 0 Å². The minimum Gasteiger partial charge on any atom is -0.365 e. The molecule has 0 aliphatic carbocycles. The molecule has 1 aromatic heterocycles. The first kappa shape index (κ1) is 14.9. The summed E-state index contributed by atoms with van der Waals surface area (Å²) in [6, 6.07) is 9.99. The first-order valence-corrected chi connectivity index (χ1v) is 7.04. The number of nitrogens with one attached hydrogen (secondary N) is 2. The number of pyridine rings is 1. The van der Waals surface area contributed by atoms with E-state index in [0.29, 0.717) is 28.2 Å². The van der Waals surface area contributed by atoms with Crippen molar-refractivity contribution in [2.24, 2.45) is 5.84 Å². The van der Waals surface area contributed by atoms with Crippen LogP contribution in [0.25, 0.3) is 0 Å². The first-order valence-electron chi connectivity index (χ1n) is 6.28. The Balaban J connectivity index is 2.09. The molecule has 4 N–H and O–H groups in total. The van der Waals surface area contributed by atoms with Gasteiger partial charge in [-0.05, 0) is 23.6 Å². The van der Waals surface area contributed by atoms with E-state index in [4.69, 9.17) is 29.0 Å². The van der Waals surface area contributed by atoms with E-state index >= 15 is 0 Å². The molecule has 1 aromatic carbocycles. The highest BCUT2D eigenvalue weighted by Gasteiger charge is 2.08. The number of anilines is 2. The van der Waals surface area contributed by atoms with Gasteiger partial charge in [-0.3, -0.25) is 0 Å². The molecule has 6 heteroatoms. The van der Waals surface area contributed by atoms with Crippen molar-refractivity contribution in [2.75, 3.05) is 10.7 Å². The molecule has 0 unspecified atom stereocenters. The summed E-state index contributed by atoms with van der Waals surface area (Å²) >= 11 is 12.0. The number of hydrazine groups is 1. The molecule has 0 spiro atoms. The van der Waals surface area contributed by atoms with E-state index in [0.717, 1.165) is 12.0 Å². The van der Waals surface area contributed by atoms with Gasteiger partial charge < -0.3 is 10.7 Å². The number of nitrogen functional groups attached to an aromatic ring is 1. The van der Waals surface area contributed by atoms with Crippen LogP contribution in [0.15, 0.2) is 30.3 Å². The molecule has 0 fully saturated rings. The van der Waals surface area contributed by atoms with E-state index < -0.39 is 0 Å².